The summed E-state index contributed by atoms with van der Waals surface area (Å²) in [6.07, 6.45) is 9.88. The van der Waals surface area contributed by atoms with Crippen LogP contribution in [0.3, 0.4) is 0 Å². The molecule has 27 heavy (non-hydrogen) atoms. The van der Waals surface area contributed by atoms with E-state index in [0.29, 0.717) is 23.9 Å². The summed E-state index contributed by atoms with van der Waals surface area (Å²) in [4.78, 5) is 21.9. The van der Waals surface area contributed by atoms with Crippen molar-refractivity contribution in [2.75, 3.05) is 26.2 Å². The minimum atomic E-state index is 0.369. The van der Waals surface area contributed by atoms with Gasteiger partial charge < -0.3 is 14.6 Å². The second-order valence-electron chi connectivity index (χ2n) is 8.53. The van der Waals surface area contributed by atoms with Gasteiger partial charge in [-0.1, -0.05) is 6.07 Å². The molecule has 3 aliphatic rings. The number of hydrogen-bond acceptors (Lipinski definition) is 4. The predicted molar refractivity (Wildman–Crippen MR) is 104 cm³/mol. The van der Waals surface area contributed by atoms with Crippen molar-refractivity contribution in [1.82, 2.24) is 24.5 Å². The van der Waals surface area contributed by atoms with Crippen molar-refractivity contribution in [3.63, 3.8) is 0 Å². The van der Waals surface area contributed by atoms with Gasteiger partial charge in [0, 0.05) is 63.6 Å². The zero-order valence-electron chi connectivity index (χ0n) is 15.9. The summed E-state index contributed by atoms with van der Waals surface area (Å²) in [5.74, 6) is 0.959. The molecule has 0 spiro atoms. The largest absolute Gasteiger partial charge is 0.340 e. The number of pyridine rings is 1. The Morgan fingerprint density at radius 3 is 2.63 bits per heavy atom. The van der Waals surface area contributed by atoms with Crippen LogP contribution in [0.15, 0.2) is 30.6 Å². The third-order valence-electron chi connectivity index (χ3n) is 6.56. The molecule has 3 saturated heterocycles. The van der Waals surface area contributed by atoms with Gasteiger partial charge in [-0.15, -0.1) is 0 Å². The van der Waals surface area contributed by atoms with Gasteiger partial charge >= 0.3 is 0 Å². The van der Waals surface area contributed by atoms with E-state index >= 15 is 0 Å². The topological polar surface area (TPSA) is 52.9 Å². The zero-order valence-corrected chi connectivity index (χ0v) is 15.9. The Hall–Kier alpha value is -1.92. The van der Waals surface area contributed by atoms with Gasteiger partial charge in [-0.25, -0.2) is 4.98 Å². The molecular weight excluding hydrogens is 338 g/mol. The van der Waals surface area contributed by atoms with Crippen LogP contribution >= 0.6 is 0 Å². The van der Waals surface area contributed by atoms with Gasteiger partial charge in [-0.2, -0.15) is 0 Å². The number of hydrogen-bond donors (Lipinski definition) is 1. The standard InChI is InChI=1S/C21H29N5O/c27-21(13-16-11-17-4-5-18(12-16)22-17)25-9-7-24(8-10-25)14-19-15-26-6-2-1-3-20(26)23-19/h1-3,6,15-18,22H,4-5,7-14H2. The van der Waals surface area contributed by atoms with E-state index in [1.807, 2.05) is 24.4 Å². The van der Waals surface area contributed by atoms with Gasteiger partial charge in [0.25, 0.3) is 0 Å². The molecule has 3 aliphatic heterocycles. The lowest BCUT2D eigenvalue weighted by Crippen LogP contribution is -2.49. The Labute approximate surface area is 160 Å². The first-order valence-electron chi connectivity index (χ1n) is 10.4. The quantitative estimate of drug-likeness (QED) is 0.897. The molecule has 6 nitrogen and oxygen atoms in total. The van der Waals surface area contributed by atoms with E-state index in [-0.39, 0.29) is 0 Å². The Kier molecular flexibility index (Phi) is 4.61. The second kappa shape index (κ2) is 7.24. The van der Waals surface area contributed by atoms with Gasteiger partial charge in [0.05, 0.1) is 5.69 Å². The number of rotatable bonds is 4. The highest BCUT2D eigenvalue weighted by molar-refractivity contribution is 5.76. The summed E-state index contributed by atoms with van der Waals surface area (Å²) in [6, 6.07) is 7.42. The number of piperazine rings is 1. The number of imidazole rings is 1. The third kappa shape index (κ3) is 3.73. The molecular formula is C21H29N5O. The Morgan fingerprint density at radius 1 is 1.11 bits per heavy atom. The number of fused-ring (bicyclic) bond motifs is 3. The first-order valence-corrected chi connectivity index (χ1v) is 10.4. The molecule has 1 amide bonds. The first kappa shape index (κ1) is 17.2. The van der Waals surface area contributed by atoms with Gasteiger partial charge in [0.15, 0.2) is 0 Å². The predicted octanol–water partition coefficient (Wildman–Crippen LogP) is 1.90. The van der Waals surface area contributed by atoms with Crippen LogP contribution in [0.5, 0.6) is 0 Å². The first-order chi connectivity index (χ1) is 13.2. The molecule has 2 aromatic rings. The molecule has 2 aromatic heterocycles. The fraction of sp³-hybridized carbons (Fsp3) is 0.619. The van der Waals surface area contributed by atoms with Crippen LogP contribution in [0.4, 0.5) is 0 Å². The molecule has 0 aliphatic carbocycles. The van der Waals surface area contributed by atoms with Gasteiger partial charge in [0.2, 0.25) is 5.91 Å². The van der Waals surface area contributed by atoms with Crippen molar-refractivity contribution >= 4 is 11.6 Å². The summed E-state index contributed by atoms with van der Waals surface area (Å²) in [7, 11) is 0. The SMILES string of the molecule is O=C(CC1CC2CCC(C1)N2)N1CCN(Cc2cn3ccccc3n2)CC1. The normalized spacial score (nSPS) is 28.7. The number of piperidine rings is 1. The van der Waals surface area contributed by atoms with E-state index in [2.05, 4.69) is 25.7 Å². The van der Waals surface area contributed by atoms with Crippen LogP contribution in [-0.4, -0.2) is 63.4 Å². The highest BCUT2D eigenvalue weighted by Crippen LogP contribution is 2.33. The highest BCUT2D eigenvalue weighted by Gasteiger charge is 2.35. The minimum Gasteiger partial charge on any atom is -0.340 e. The molecule has 1 N–H and O–H groups in total. The lowest BCUT2D eigenvalue weighted by molar-refractivity contribution is -0.134. The van der Waals surface area contributed by atoms with Crippen LogP contribution in [0.2, 0.25) is 0 Å². The van der Waals surface area contributed by atoms with Crippen LogP contribution in [-0.2, 0) is 11.3 Å². The highest BCUT2D eigenvalue weighted by atomic mass is 16.2. The number of nitrogens with one attached hydrogen (secondary N) is 1. The van der Waals surface area contributed by atoms with E-state index in [4.69, 9.17) is 4.98 Å². The maximum atomic E-state index is 12.8. The third-order valence-corrected chi connectivity index (χ3v) is 6.56. The van der Waals surface area contributed by atoms with Crippen LogP contribution < -0.4 is 5.32 Å². The molecule has 0 saturated carbocycles. The maximum Gasteiger partial charge on any atom is 0.222 e. The van der Waals surface area contributed by atoms with E-state index in [0.717, 1.165) is 50.5 Å². The van der Waals surface area contributed by atoms with Gasteiger partial charge in [-0.05, 0) is 43.7 Å². The molecule has 3 fully saturated rings. The summed E-state index contributed by atoms with van der Waals surface area (Å²) in [6.45, 7) is 4.45. The van der Waals surface area contributed by atoms with Crippen LogP contribution in [0, 0.1) is 5.92 Å². The van der Waals surface area contributed by atoms with Crippen molar-refractivity contribution in [2.24, 2.45) is 5.92 Å². The molecule has 5 heterocycles. The van der Waals surface area contributed by atoms with Crippen molar-refractivity contribution in [1.29, 1.82) is 0 Å². The average molecular weight is 367 g/mol. The molecule has 0 aromatic carbocycles. The summed E-state index contributed by atoms with van der Waals surface area (Å²) in [5.41, 5.74) is 2.10. The second-order valence-corrected chi connectivity index (χ2v) is 8.53. The number of carbonyl (C=O) groups is 1. The van der Waals surface area contributed by atoms with Crippen LogP contribution in [0.25, 0.3) is 5.65 Å². The number of nitrogens with zero attached hydrogens (tertiary/aromatic N) is 4. The van der Waals surface area contributed by atoms with Gasteiger partial charge in [-0.3, -0.25) is 9.69 Å². The lowest BCUT2D eigenvalue weighted by Gasteiger charge is -2.36. The van der Waals surface area contributed by atoms with Crippen molar-refractivity contribution < 1.29 is 4.79 Å². The molecule has 144 valence electrons. The van der Waals surface area contributed by atoms with Gasteiger partial charge in [0.1, 0.15) is 5.65 Å². The molecule has 5 rings (SSSR count). The van der Waals surface area contributed by atoms with E-state index < -0.39 is 0 Å². The van der Waals surface area contributed by atoms with Crippen molar-refractivity contribution in [3.8, 4) is 0 Å². The fourth-order valence-electron chi connectivity index (χ4n) is 5.17. The number of carbonyl (C=O) groups excluding carboxylic acids is 1. The van der Waals surface area contributed by atoms with Crippen molar-refractivity contribution in [3.05, 3.63) is 36.3 Å². The number of aromatic nitrogens is 2. The number of amides is 1. The van der Waals surface area contributed by atoms with Crippen LogP contribution in [0.1, 0.15) is 37.8 Å². The zero-order chi connectivity index (χ0) is 18.2. The van der Waals surface area contributed by atoms with E-state index in [9.17, 15) is 4.79 Å². The van der Waals surface area contributed by atoms with E-state index in [1.54, 1.807) is 0 Å². The summed E-state index contributed by atoms with van der Waals surface area (Å²) >= 11 is 0. The molecule has 0 radical (unpaired) electrons. The average Bonchev–Trinajstić information content (AvgIpc) is 3.24. The molecule has 2 atom stereocenters. The summed E-state index contributed by atoms with van der Waals surface area (Å²) < 4.78 is 2.07. The molecule has 2 bridgehead atoms. The maximum absolute atomic E-state index is 12.8. The van der Waals surface area contributed by atoms with E-state index in [1.165, 1.54) is 25.7 Å². The minimum absolute atomic E-state index is 0.369. The summed E-state index contributed by atoms with van der Waals surface area (Å²) in [5, 5.41) is 3.67. The van der Waals surface area contributed by atoms with Crippen molar-refractivity contribution in [2.45, 2.75) is 50.7 Å². The Balaban J connectivity index is 1.11. The Bertz CT molecular complexity index is 765. The molecule has 6 heteroatoms. The molecule has 2 unspecified atom stereocenters. The lowest BCUT2D eigenvalue weighted by atomic mass is 9.89. The monoisotopic (exact) mass is 367 g/mol. The smallest absolute Gasteiger partial charge is 0.222 e. The fourth-order valence-corrected chi connectivity index (χ4v) is 5.17. The Morgan fingerprint density at radius 2 is 1.89 bits per heavy atom.